The minimum absolute atomic E-state index is 0.110. The lowest BCUT2D eigenvalue weighted by atomic mass is 9.75. The van der Waals surface area contributed by atoms with Crippen LogP contribution in [0.1, 0.15) is 18.7 Å². The summed E-state index contributed by atoms with van der Waals surface area (Å²) in [4.78, 5) is 16.8. The van der Waals surface area contributed by atoms with Gasteiger partial charge in [-0.1, -0.05) is 0 Å². The highest BCUT2D eigenvalue weighted by molar-refractivity contribution is 5.33. The number of aromatic nitrogens is 4. The van der Waals surface area contributed by atoms with Crippen molar-refractivity contribution in [1.29, 1.82) is 0 Å². The Kier molecular flexibility index (Phi) is 3.94. The molecule has 0 bridgehead atoms. The summed E-state index contributed by atoms with van der Waals surface area (Å²) in [5, 5.41) is 0. The third-order valence-corrected chi connectivity index (χ3v) is 5.52. The summed E-state index contributed by atoms with van der Waals surface area (Å²) >= 11 is 0. The van der Waals surface area contributed by atoms with Crippen LogP contribution in [0.25, 0.3) is 0 Å². The van der Waals surface area contributed by atoms with Gasteiger partial charge in [0.15, 0.2) is 0 Å². The number of hydrogen-bond donors (Lipinski definition) is 0. The predicted molar refractivity (Wildman–Crippen MR) is 89.3 cm³/mol. The number of aryl methyl sites for hydroxylation is 1. The Bertz CT molecular complexity index is 734. The fourth-order valence-electron chi connectivity index (χ4n) is 4.00. The first-order chi connectivity index (χ1) is 12.0. The Morgan fingerprint density at radius 1 is 1.04 bits per heavy atom. The van der Waals surface area contributed by atoms with Crippen molar-refractivity contribution >= 4 is 5.95 Å². The molecule has 134 valence electrons. The van der Waals surface area contributed by atoms with E-state index in [9.17, 15) is 8.78 Å². The van der Waals surface area contributed by atoms with Crippen molar-refractivity contribution in [2.45, 2.75) is 25.3 Å². The number of alkyl halides is 2. The molecule has 1 spiro atoms. The second-order valence-electron chi connectivity index (χ2n) is 7.12. The number of anilines is 1. The van der Waals surface area contributed by atoms with E-state index in [1.807, 2.05) is 22.7 Å². The molecule has 25 heavy (non-hydrogen) atoms. The minimum atomic E-state index is -2.67. The summed E-state index contributed by atoms with van der Waals surface area (Å²) in [5.74, 6) is -1.23. The van der Waals surface area contributed by atoms with Crippen molar-refractivity contribution in [2.24, 2.45) is 12.5 Å². The number of rotatable bonds is 3. The van der Waals surface area contributed by atoms with Gasteiger partial charge in [-0.15, -0.1) is 0 Å². The van der Waals surface area contributed by atoms with Gasteiger partial charge in [0.05, 0.1) is 12.0 Å². The molecule has 0 aromatic carbocycles. The van der Waals surface area contributed by atoms with Crippen molar-refractivity contribution in [3.05, 3.63) is 36.7 Å². The molecule has 0 amide bonds. The zero-order valence-corrected chi connectivity index (χ0v) is 14.3. The third-order valence-electron chi connectivity index (χ3n) is 5.52. The molecule has 0 aliphatic carbocycles. The van der Waals surface area contributed by atoms with Crippen molar-refractivity contribution in [2.75, 3.05) is 31.1 Å². The number of halogens is 2. The van der Waals surface area contributed by atoms with E-state index in [0.717, 1.165) is 5.82 Å². The van der Waals surface area contributed by atoms with Crippen molar-refractivity contribution in [3.8, 4) is 0 Å². The molecule has 1 atom stereocenters. The number of piperidine rings is 1. The first-order valence-corrected chi connectivity index (χ1v) is 8.57. The van der Waals surface area contributed by atoms with Crippen LogP contribution in [0.4, 0.5) is 14.7 Å². The van der Waals surface area contributed by atoms with E-state index in [2.05, 4.69) is 19.9 Å². The fraction of sp³-hybridized carbons (Fsp3) is 0.588. The van der Waals surface area contributed by atoms with Crippen LogP contribution >= 0.6 is 0 Å². The van der Waals surface area contributed by atoms with E-state index in [4.69, 9.17) is 0 Å². The van der Waals surface area contributed by atoms with Gasteiger partial charge in [0.25, 0.3) is 5.92 Å². The first-order valence-electron chi connectivity index (χ1n) is 8.57. The quantitative estimate of drug-likeness (QED) is 0.849. The van der Waals surface area contributed by atoms with Crippen LogP contribution in [0.5, 0.6) is 0 Å². The maximum absolute atomic E-state index is 14.9. The highest BCUT2D eigenvalue weighted by atomic mass is 19.3. The van der Waals surface area contributed by atoms with Crippen molar-refractivity contribution < 1.29 is 8.78 Å². The third kappa shape index (κ3) is 2.88. The molecule has 2 aliphatic rings. The zero-order chi connectivity index (χ0) is 17.5. The molecule has 0 saturated carbocycles. The normalized spacial score (nSPS) is 26.4. The molecule has 2 fully saturated rings. The largest absolute Gasteiger partial charge is 0.340 e. The Hall–Kier alpha value is -2.09. The topological polar surface area (TPSA) is 50.1 Å². The van der Waals surface area contributed by atoms with Crippen molar-refractivity contribution in [3.63, 3.8) is 0 Å². The van der Waals surface area contributed by atoms with Crippen LogP contribution < -0.4 is 4.90 Å². The maximum Gasteiger partial charge on any atom is 0.257 e. The number of nitrogens with zero attached hydrogens (tertiary/aromatic N) is 6. The lowest BCUT2D eigenvalue weighted by Gasteiger charge is -2.45. The Labute approximate surface area is 145 Å². The van der Waals surface area contributed by atoms with Gasteiger partial charge >= 0.3 is 0 Å². The van der Waals surface area contributed by atoms with Gasteiger partial charge in [0.2, 0.25) is 5.95 Å². The molecule has 6 nitrogen and oxygen atoms in total. The van der Waals surface area contributed by atoms with E-state index in [1.54, 1.807) is 24.7 Å². The van der Waals surface area contributed by atoms with Crippen LogP contribution in [0.2, 0.25) is 0 Å². The molecule has 2 aliphatic heterocycles. The average Bonchev–Trinajstić information content (AvgIpc) is 3.21. The van der Waals surface area contributed by atoms with Crippen LogP contribution in [0.3, 0.4) is 0 Å². The summed E-state index contributed by atoms with van der Waals surface area (Å²) in [6.45, 7) is 2.22. The summed E-state index contributed by atoms with van der Waals surface area (Å²) in [6, 6.07) is 1.74. The van der Waals surface area contributed by atoms with Crippen LogP contribution in [0, 0.1) is 5.41 Å². The lowest BCUT2D eigenvalue weighted by molar-refractivity contribution is -0.159. The van der Waals surface area contributed by atoms with Crippen LogP contribution in [0.15, 0.2) is 30.9 Å². The number of likely N-dealkylation sites (tertiary alicyclic amines) is 1. The predicted octanol–water partition coefficient (Wildman–Crippen LogP) is 1.95. The monoisotopic (exact) mass is 348 g/mol. The smallest absolute Gasteiger partial charge is 0.257 e. The van der Waals surface area contributed by atoms with Gasteiger partial charge in [0, 0.05) is 64.4 Å². The number of hydrogen-bond acceptors (Lipinski definition) is 5. The fourth-order valence-corrected chi connectivity index (χ4v) is 4.00. The molecule has 2 saturated heterocycles. The second-order valence-corrected chi connectivity index (χ2v) is 7.12. The molecule has 1 unspecified atom stereocenters. The summed E-state index contributed by atoms with van der Waals surface area (Å²) in [6.07, 6.45) is 7.27. The highest BCUT2D eigenvalue weighted by Crippen LogP contribution is 2.50. The van der Waals surface area contributed by atoms with Gasteiger partial charge < -0.3 is 9.47 Å². The second kappa shape index (κ2) is 6.01. The Morgan fingerprint density at radius 3 is 2.56 bits per heavy atom. The van der Waals surface area contributed by atoms with Gasteiger partial charge in [-0.05, 0) is 12.5 Å². The molecule has 0 radical (unpaired) electrons. The number of imidazole rings is 1. The molecule has 4 rings (SSSR count). The maximum atomic E-state index is 14.9. The standard InChI is InChI=1S/C17H22F2N6/c1-23-10-7-20-14(23)11-24-8-4-17(18,19)16(12-24)3-9-25(13-16)15-21-5-2-6-22-15/h2,5-7,10H,3-4,8-9,11-13H2,1H3. The molecule has 2 aromatic heterocycles. The highest BCUT2D eigenvalue weighted by Gasteiger charge is 2.59. The molecule has 4 heterocycles. The molecule has 8 heteroatoms. The van der Waals surface area contributed by atoms with Crippen LogP contribution in [-0.2, 0) is 13.6 Å². The first kappa shape index (κ1) is 16.4. The summed E-state index contributed by atoms with van der Waals surface area (Å²) in [5.41, 5.74) is -1.05. The van der Waals surface area contributed by atoms with E-state index in [-0.39, 0.29) is 6.42 Å². The van der Waals surface area contributed by atoms with Crippen molar-refractivity contribution in [1.82, 2.24) is 24.4 Å². The molecule has 2 aromatic rings. The van der Waals surface area contributed by atoms with E-state index in [1.165, 1.54) is 0 Å². The lowest BCUT2D eigenvalue weighted by Crippen LogP contribution is -2.56. The minimum Gasteiger partial charge on any atom is -0.340 e. The molecular formula is C17H22F2N6. The SMILES string of the molecule is Cn1ccnc1CN1CCC(F)(F)C2(CCN(c3ncccn3)C2)C1. The van der Waals surface area contributed by atoms with Gasteiger partial charge in [-0.3, -0.25) is 4.90 Å². The Balaban J connectivity index is 1.53. The average molecular weight is 348 g/mol. The van der Waals surface area contributed by atoms with Gasteiger partial charge in [-0.25, -0.2) is 23.7 Å². The zero-order valence-electron chi connectivity index (χ0n) is 14.3. The summed E-state index contributed by atoms with van der Waals surface area (Å²) < 4.78 is 31.7. The van der Waals surface area contributed by atoms with Crippen LogP contribution in [-0.4, -0.2) is 56.5 Å². The van der Waals surface area contributed by atoms with E-state index < -0.39 is 11.3 Å². The summed E-state index contributed by atoms with van der Waals surface area (Å²) in [7, 11) is 1.93. The van der Waals surface area contributed by atoms with Gasteiger partial charge in [0.1, 0.15) is 5.82 Å². The van der Waals surface area contributed by atoms with E-state index in [0.29, 0.717) is 45.1 Å². The Morgan fingerprint density at radius 2 is 1.84 bits per heavy atom. The molecule has 0 N–H and O–H groups in total. The van der Waals surface area contributed by atoms with E-state index >= 15 is 0 Å². The molecular weight excluding hydrogens is 326 g/mol. The van der Waals surface area contributed by atoms with Gasteiger partial charge in [-0.2, -0.15) is 0 Å².